The summed E-state index contributed by atoms with van der Waals surface area (Å²) in [4.78, 5) is 11.7. The van der Waals surface area contributed by atoms with Crippen LogP contribution in [0.5, 0.6) is 5.75 Å². The van der Waals surface area contributed by atoms with Gasteiger partial charge in [0.2, 0.25) is 0 Å². The van der Waals surface area contributed by atoms with Gasteiger partial charge in [0.15, 0.2) is 0 Å². The first-order valence-electron chi connectivity index (χ1n) is 8.92. The predicted octanol–water partition coefficient (Wildman–Crippen LogP) is 5.47. The third kappa shape index (κ3) is 2.99. The van der Waals surface area contributed by atoms with Crippen molar-refractivity contribution >= 4 is 17.5 Å². The van der Waals surface area contributed by atoms with Crippen molar-refractivity contribution in [3.05, 3.63) is 51.5 Å². The number of rotatable bonds is 2. The number of amides is 1. The molecule has 1 amide bonds. The van der Waals surface area contributed by atoms with Crippen LogP contribution in [0, 0.1) is 6.92 Å². The van der Waals surface area contributed by atoms with Gasteiger partial charge in [-0.25, -0.2) is 0 Å². The molecule has 0 saturated heterocycles. The van der Waals surface area contributed by atoms with Gasteiger partial charge < -0.3 is 10.8 Å². The van der Waals surface area contributed by atoms with Crippen LogP contribution < -0.4 is 5.73 Å². The second-order valence-electron chi connectivity index (χ2n) is 8.69. The average Bonchev–Trinajstić information content (AvgIpc) is 2.53. The molecule has 3 N–H and O–H groups in total. The molecule has 3 rings (SSSR count). The molecule has 0 unspecified atom stereocenters. The molecule has 1 aliphatic carbocycles. The lowest BCUT2D eigenvalue weighted by Gasteiger charge is -2.42. The standard InChI is InChI=1S/C22H26ClNO2/c1-12-8-17-18(22(4,5)7-6-21(17,2)3)11-14(12)15-9-13(23)10-16(19(15)25)20(24)26/h8-11,25H,6-7H2,1-5H3,(H2,24,26). The molecule has 0 heterocycles. The van der Waals surface area contributed by atoms with Crippen molar-refractivity contribution in [2.45, 2.75) is 58.3 Å². The summed E-state index contributed by atoms with van der Waals surface area (Å²) in [5.41, 5.74) is 10.7. The SMILES string of the molecule is Cc1cc2c(cc1-c1cc(Cl)cc(C(N)=O)c1O)C(C)(C)CCC2(C)C. The van der Waals surface area contributed by atoms with Crippen LogP contribution in [0.2, 0.25) is 5.02 Å². The monoisotopic (exact) mass is 371 g/mol. The normalized spacial score (nSPS) is 17.6. The summed E-state index contributed by atoms with van der Waals surface area (Å²) in [6, 6.07) is 7.47. The zero-order chi connectivity index (χ0) is 19.4. The van der Waals surface area contributed by atoms with Gasteiger partial charge in [-0.3, -0.25) is 4.79 Å². The Morgan fingerprint density at radius 1 is 1.00 bits per heavy atom. The van der Waals surface area contributed by atoms with Crippen molar-refractivity contribution in [2.75, 3.05) is 0 Å². The van der Waals surface area contributed by atoms with Crippen LogP contribution in [0.4, 0.5) is 0 Å². The van der Waals surface area contributed by atoms with Crippen LogP contribution in [0.3, 0.4) is 0 Å². The third-order valence-electron chi connectivity index (χ3n) is 5.83. The summed E-state index contributed by atoms with van der Waals surface area (Å²) in [5, 5.41) is 11.0. The molecular weight excluding hydrogens is 346 g/mol. The van der Waals surface area contributed by atoms with E-state index in [1.165, 1.54) is 17.2 Å². The number of phenols is 1. The van der Waals surface area contributed by atoms with Gasteiger partial charge in [0.05, 0.1) is 5.56 Å². The van der Waals surface area contributed by atoms with Gasteiger partial charge in [0, 0.05) is 10.6 Å². The van der Waals surface area contributed by atoms with Crippen molar-refractivity contribution in [3.63, 3.8) is 0 Å². The molecule has 0 bridgehead atoms. The summed E-state index contributed by atoms with van der Waals surface area (Å²) in [6.45, 7) is 11.1. The molecule has 26 heavy (non-hydrogen) atoms. The number of hydrogen-bond donors (Lipinski definition) is 2. The lowest BCUT2D eigenvalue weighted by atomic mass is 9.62. The van der Waals surface area contributed by atoms with E-state index in [0.29, 0.717) is 10.6 Å². The number of primary amides is 1. The average molecular weight is 372 g/mol. The molecule has 4 heteroatoms. The molecule has 0 saturated carbocycles. The number of nitrogens with two attached hydrogens (primary N) is 1. The van der Waals surface area contributed by atoms with Crippen LogP contribution in [-0.2, 0) is 10.8 Å². The minimum absolute atomic E-state index is 0.0456. The minimum atomic E-state index is -0.691. The Hall–Kier alpha value is -2.00. The van der Waals surface area contributed by atoms with E-state index >= 15 is 0 Å². The first-order valence-corrected chi connectivity index (χ1v) is 9.30. The molecule has 0 atom stereocenters. The molecule has 0 aliphatic heterocycles. The molecular formula is C22H26ClNO2. The molecule has 0 spiro atoms. The fourth-order valence-corrected chi connectivity index (χ4v) is 4.22. The number of carbonyl (C=O) groups excluding carboxylic acids is 1. The summed E-state index contributed by atoms with van der Waals surface area (Å²) in [6.07, 6.45) is 2.24. The minimum Gasteiger partial charge on any atom is -0.506 e. The maximum absolute atomic E-state index is 11.7. The molecule has 138 valence electrons. The van der Waals surface area contributed by atoms with Gasteiger partial charge >= 0.3 is 0 Å². The number of hydrogen-bond acceptors (Lipinski definition) is 2. The second kappa shape index (κ2) is 6.02. The quantitative estimate of drug-likeness (QED) is 0.735. The summed E-state index contributed by atoms with van der Waals surface area (Å²) < 4.78 is 0. The zero-order valence-electron chi connectivity index (χ0n) is 16.0. The summed E-state index contributed by atoms with van der Waals surface area (Å²) in [5.74, 6) is -0.804. The van der Waals surface area contributed by atoms with E-state index in [1.54, 1.807) is 6.07 Å². The van der Waals surface area contributed by atoms with Gasteiger partial charge in [0.25, 0.3) is 5.91 Å². The molecule has 0 aromatic heterocycles. The highest BCUT2D eigenvalue weighted by Crippen LogP contribution is 2.48. The Kier molecular flexibility index (Phi) is 4.35. The van der Waals surface area contributed by atoms with Crippen molar-refractivity contribution in [3.8, 4) is 16.9 Å². The van der Waals surface area contributed by atoms with Crippen LogP contribution in [0.1, 0.15) is 67.6 Å². The molecule has 2 aromatic rings. The van der Waals surface area contributed by atoms with Gasteiger partial charge in [-0.1, -0.05) is 45.4 Å². The largest absolute Gasteiger partial charge is 0.506 e. The maximum atomic E-state index is 11.7. The lowest BCUT2D eigenvalue weighted by Crippen LogP contribution is -2.34. The molecule has 3 nitrogen and oxygen atoms in total. The first-order chi connectivity index (χ1) is 11.9. The Bertz CT molecular complexity index is 913. The van der Waals surface area contributed by atoms with Crippen molar-refractivity contribution in [1.82, 2.24) is 0 Å². The van der Waals surface area contributed by atoms with Crippen molar-refractivity contribution in [2.24, 2.45) is 5.73 Å². The zero-order valence-corrected chi connectivity index (χ0v) is 16.8. The molecule has 2 aromatic carbocycles. The first kappa shape index (κ1) is 18.8. The van der Waals surface area contributed by atoms with E-state index in [2.05, 4.69) is 39.8 Å². The van der Waals surface area contributed by atoms with Crippen LogP contribution in [0.25, 0.3) is 11.1 Å². The predicted molar refractivity (Wildman–Crippen MR) is 107 cm³/mol. The number of benzene rings is 2. The highest BCUT2D eigenvalue weighted by atomic mass is 35.5. The van der Waals surface area contributed by atoms with Gasteiger partial charge in [-0.15, -0.1) is 0 Å². The molecule has 0 radical (unpaired) electrons. The van der Waals surface area contributed by atoms with Crippen molar-refractivity contribution < 1.29 is 9.90 Å². The Labute approximate surface area is 160 Å². The van der Waals surface area contributed by atoms with Crippen LogP contribution in [0.15, 0.2) is 24.3 Å². The van der Waals surface area contributed by atoms with Gasteiger partial charge in [0.1, 0.15) is 5.75 Å². The highest BCUT2D eigenvalue weighted by molar-refractivity contribution is 6.31. The van der Waals surface area contributed by atoms with Crippen LogP contribution in [-0.4, -0.2) is 11.0 Å². The number of aryl methyl sites for hydroxylation is 1. The van der Waals surface area contributed by atoms with Crippen molar-refractivity contribution in [1.29, 1.82) is 0 Å². The Balaban J connectivity index is 2.31. The summed E-state index contributed by atoms with van der Waals surface area (Å²) in [7, 11) is 0. The molecule has 0 fully saturated rings. The number of fused-ring (bicyclic) bond motifs is 1. The maximum Gasteiger partial charge on any atom is 0.252 e. The van der Waals surface area contributed by atoms with E-state index in [4.69, 9.17) is 17.3 Å². The second-order valence-corrected chi connectivity index (χ2v) is 9.13. The van der Waals surface area contributed by atoms with E-state index in [1.807, 2.05) is 6.92 Å². The smallest absolute Gasteiger partial charge is 0.252 e. The van der Waals surface area contributed by atoms with E-state index in [9.17, 15) is 9.90 Å². The van der Waals surface area contributed by atoms with Gasteiger partial charge in [-0.2, -0.15) is 0 Å². The van der Waals surface area contributed by atoms with E-state index in [-0.39, 0.29) is 22.1 Å². The lowest BCUT2D eigenvalue weighted by molar-refractivity contribution is 0.0998. The fourth-order valence-electron chi connectivity index (χ4n) is 4.00. The van der Waals surface area contributed by atoms with E-state index in [0.717, 1.165) is 24.0 Å². The van der Waals surface area contributed by atoms with Gasteiger partial charge in [-0.05, 0) is 71.0 Å². The third-order valence-corrected chi connectivity index (χ3v) is 6.05. The van der Waals surface area contributed by atoms with E-state index < -0.39 is 5.91 Å². The Morgan fingerprint density at radius 2 is 1.54 bits per heavy atom. The summed E-state index contributed by atoms with van der Waals surface area (Å²) >= 11 is 6.19. The highest BCUT2D eigenvalue weighted by Gasteiger charge is 2.37. The fraction of sp³-hybridized carbons (Fsp3) is 0.409. The van der Waals surface area contributed by atoms with Crippen LogP contribution >= 0.6 is 11.6 Å². The number of aromatic hydroxyl groups is 1. The molecule has 1 aliphatic rings. The number of halogens is 1. The Morgan fingerprint density at radius 3 is 2.08 bits per heavy atom. The number of carbonyl (C=O) groups is 1. The topological polar surface area (TPSA) is 63.3 Å².